The van der Waals surface area contributed by atoms with Gasteiger partial charge in [-0.25, -0.2) is 13.6 Å². The maximum absolute atomic E-state index is 12.3. The Bertz CT molecular complexity index is 1110. The summed E-state index contributed by atoms with van der Waals surface area (Å²) in [6.45, 7) is 3.79. The molecule has 152 valence electrons. The molecule has 0 aliphatic rings. The highest BCUT2D eigenvalue weighted by Gasteiger charge is 2.15. The molecule has 3 aromatic rings. The number of nitrogens with zero attached hydrogens (tertiary/aromatic N) is 4. The Balaban J connectivity index is 1.60. The number of tetrazole rings is 1. The molecule has 0 saturated carbocycles. The fourth-order valence-corrected chi connectivity index (χ4v) is 3.85. The second kappa shape index (κ2) is 8.72. The zero-order valence-electron chi connectivity index (χ0n) is 15.8. The first-order valence-electron chi connectivity index (χ1n) is 8.64. The minimum absolute atomic E-state index is 0.0262. The molecular formula is C18H20N6O3S2. The van der Waals surface area contributed by atoms with Gasteiger partial charge in [0.05, 0.1) is 22.4 Å². The third kappa shape index (κ3) is 5.40. The van der Waals surface area contributed by atoms with Crippen molar-refractivity contribution in [2.24, 2.45) is 5.14 Å². The van der Waals surface area contributed by atoms with E-state index in [9.17, 15) is 13.2 Å². The van der Waals surface area contributed by atoms with Crippen molar-refractivity contribution < 1.29 is 13.2 Å². The highest BCUT2D eigenvalue weighted by atomic mass is 32.2. The van der Waals surface area contributed by atoms with Crippen molar-refractivity contribution in [3.8, 4) is 5.69 Å². The standard InChI is InChI=1S/C18H20N6O3S2/c1-12-4-3-5-15(10-12)24-18(21-22-23-24)28-11-17(25)20-13(2)14-6-8-16(9-7-14)29(19,26)27/h3-10,13H,11H2,1-2H3,(H,20,25)(H2,19,26,27). The maximum atomic E-state index is 12.3. The van der Waals surface area contributed by atoms with Crippen LogP contribution in [0.4, 0.5) is 0 Å². The van der Waals surface area contributed by atoms with Gasteiger partial charge in [-0.15, -0.1) is 5.10 Å². The summed E-state index contributed by atoms with van der Waals surface area (Å²) in [6.07, 6.45) is 0. The molecule has 2 aromatic carbocycles. The van der Waals surface area contributed by atoms with Gasteiger partial charge in [0.2, 0.25) is 21.1 Å². The molecule has 3 N–H and O–H groups in total. The predicted molar refractivity (Wildman–Crippen MR) is 109 cm³/mol. The molecule has 0 fully saturated rings. The summed E-state index contributed by atoms with van der Waals surface area (Å²) in [5, 5.41) is 20.1. The van der Waals surface area contributed by atoms with Crippen LogP contribution in [-0.2, 0) is 14.8 Å². The quantitative estimate of drug-likeness (QED) is 0.542. The molecule has 0 bridgehead atoms. The van der Waals surface area contributed by atoms with E-state index in [0.29, 0.717) is 5.16 Å². The molecule has 0 aliphatic carbocycles. The number of nitrogens with two attached hydrogens (primary N) is 1. The fourth-order valence-electron chi connectivity index (χ4n) is 2.63. The molecule has 29 heavy (non-hydrogen) atoms. The predicted octanol–water partition coefficient (Wildman–Crippen LogP) is 1.59. The summed E-state index contributed by atoms with van der Waals surface area (Å²) < 4.78 is 24.2. The van der Waals surface area contributed by atoms with Gasteiger partial charge in [-0.1, -0.05) is 36.0 Å². The molecule has 1 amide bonds. The number of benzene rings is 2. The number of nitrogens with one attached hydrogen (secondary N) is 1. The Kier molecular flexibility index (Phi) is 6.30. The van der Waals surface area contributed by atoms with E-state index < -0.39 is 10.0 Å². The van der Waals surface area contributed by atoms with Crippen molar-refractivity contribution in [1.82, 2.24) is 25.5 Å². The Morgan fingerprint density at radius 1 is 1.24 bits per heavy atom. The van der Waals surface area contributed by atoms with Crippen molar-refractivity contribution in [3.63, 3.8) is 0 Å². The smallest absolute Gasteiger partial charge is 0.238 e. The van der Waals surface area contributed by atoms with E-state index in [1.807, 2.05) is 38.1 Å². The van der Waals surface area contributed by atoms with E-state index in [2.05, 4.69) is 20.8 Å². The van der Waals surface area contributed by atoms with Crippen molar-refractivity contribution >= 4 is 27.7 Å². The SMILES string of the molecule is Cc1cccc(-n2nnnc2SCC(=O)NC(C)c2ccc(S(N)(=O)=O)cc2)c1. The van der Waals surface area contributed by atoms with Gasteiger partial charge in [0.25, 0.3) is 0 Å². The highest BCUT2D eigenvalue weighted by molar-refractivity contribution is 7.99. The first-order chi connectivity index (χ1) is 13.7. The molecule has 9 nitrogen and oxygen atoms in total. The molecular weight excluding hydrogens is 412 g/mol. The zero-order valence-corrected chi connectivity index (χ0v) is 17.4. The van der Waals surface area contributed by atoms with Gasteiger partial charge in [-0.3, -0.25) is 4.79 Å². The normalized spacial score (nSPS) is 12.5. The van der Waals surface area contributed by atoms with Crippen LogP contribution < -0.4 is 10.5 Å². The minimum atomic E-state index is -3.74. The molecule has 11 heteroatoms. The molecule has 1 heterocycles. The van der Waals surface area contributed by atoms with Crippen LogP contribution in [0.3, 0.4) is 0 Å². The molecule has 1 atom stereocenters. The Morgan fingerprint density at radius 3 is 2.62 bits per heavy atom. The number of sulfonamides is 1. The molecule has 0 radical (unpaired) electrons. The van der Waals surface area contributed by atoms with Crippen LogP contribution in [0.2, 0.25) is 0 Å². The lowest BCUT2D eigenvalue weighted by atomic mass is 10.1. The fraction of sp³-hybridized carbons (Fsp3) is 0.222. The Morgan fingerprint density at radius 2 is 1.97 bits per heavy atom. The molecule has 0 aliphatic heterocycles. The maximum Gasteiger partial charge on any atom is 0.238 e. The van der Waals surface area contributed by atoms with E-state index >= 15 is 0 Å². The number of primary sulfonamides is 1. The van der Waals surface area contributed by atoms with E-state index in [-0.39, 0.29) is 22.6 Å². The van der Waals surface area contributed by atoms with Crippen LogP contribution >= 0.6 is 11.8 Å². The number of hydrogen-bond acceptors (Lipinski definition) is 7. The number of thioether (sulfide) groups is 1. The second-order valence-corrected chi connectivity index (χ2v) is 8.91. The molecule has 0 spiro atoms. The summed E-state index contributed by atoms with van der Waals surface area (Å²) in [5.41, 5.74) is 2.66. The number of rotatable bonds is 7. The largest absolute Gasteiger partial charge is 0.349 e. The van der Waals surface area contributed by atoms with Gasteiger partial charge >= 0.3 is 0 Å². The molecule has 1 unspecified atom stereocenters. The second-order valence-electron chi connectivity index (χ2n) is 6.40. The van der Waals surface area contributed by atoms with Crippen LogP contribution in [0.15, 0.2) is 58.6 Å². The van der Waals surface area contributed by atoms with Crippen LogP contribution in [-0.4, -0.2) is 40.3 Å². The third-order valence-corrected chi connectivity index (χ3v) is 5.95. The third-order valence-electron chi connectivity index (χ3n) is 4.11. The molecule has 1 aromatic heterocycles. The van der Waals surface area contributed by atoms with E-state index in [0.717, 1.165) is 16.8 Å². The average Bonchev–Trinajstić information content (AvgIpc) is 3.14. The summed E-state index contributed by atoms with van der Waals surface area (Å²) in [7, 11) is -3.74. The minimum Gasteiger partial charge on any atom is -0.349 e. The summed E-state index contributed by atoms with van der Waals surface area (Å²) in [6, 6.07) is 13.5. The lowest BCUT2D eigenvalue weighted by Crippen LogP contribution is -2.28. The number of amides is 1. The summed E-state index contributed by atoms with van der Waals surface area (Å²) >= 11 is 1.22. The monoisotopic (exact) mass is 432 g/mol. The van der Waals surface area contributed by atoms with E-state index in [4.69, 9.17) is 5.14 Å². The van der Waals surface area contributed by atoms with Crippen LogP contribution in [0.25, 0.3) is 5.69 Å². The first kappa shape index (κ1) is 21.0. The van der Waals surface area contributed by atoms with Crippen molar-refractivity contribution in [2.45, 2.75) is 29.9 Å². The summed E-state index contributed by atoms with van der Waals surface area (Å²) in [5.74, 6) is -0.0666. The van der Waals surface area contributed by atoms with Crippen LogP contribution in [0, 0.1) is 6.92 Å². The number of aromatic nitrogens is 4. The van der Waals surface area contributed by atoms with E-state index in [1.54, 1.807) is 16.8 Å². The first-order valence-corrected chi connectivity index (χ1v) is 11.2. The number of aryl methyl sites for hydroxylation is 1. The Hall–Kier alpha value is -2.76. The topological polar surface area (TPSA) is 133 Å². The molecule has 0 saturated heterocycles. The average molecular weight is 433 g/mol. The van der Waals surface area contributed by atoms with Gasteiger partial charge < -0.3 is 5.32 Å². The van der Waals surface area contributed by atoms with Gasteiger partial charge in [0.15, 0.2) is 0 Å². The summed E-state index contributed by atoms with van der Waals surface area (Å²) in [4.78, 5) is 12.4. The van der Waals surface area contributed by atoms with Gasteiger partial charge in [-0.2, -0.15) is 4.68 Å². The molecule has 3 rings (SSSR count). The highest BCUT2D eigenvalue weighted by Crippen LogP contribution is 2.20. The van der Waals surface area contributed by atoms with Crippen molar-refractivity contribution in [3.05, 3.63) is 59.7 Å². The zero-order chi connectivity index (χ0) is 21.0. The van der Waals surface area contributed by atoms with Gasteiger partial charge in [-0.05, 0) is 59.7 Å². The van der Waals surface area contributed by atoms with Crippen molar-refractivity contribution in [2.75, 3.05) is 5.75 Å². The lowest BCUT2D eigenvalue weighted by molar-refractivity contribution is -0.119. The number of carbonyl (C=O) groups is 1. The van der Waals surface area contributed by atoms with E-state index in [1.165, 1.54) is 23.9 Å². The van der Waals surface area contributed by atoms with Crippen molar-refractivity contribution in [1.29, 1.82) is 0 Å². The number of hydrogen-bond donors (Lipinski definition) is 2. The van der Waals surface area contributed by atoms with Gasteiger partial charge in [0.1, 0.15) is 0 Å². The Labute approximate surface area is 172 Å². The lowest BCUT2D eigenvalue weighted by Gasteiger charge is -2.14. The van der Waals surface area contributed by atoms with Gasteiger partial charge in [0, 0.05) is 0 Å². The van der Waals surface area contributed by atoms with Crippen LogP contribution in [0.5, 0.6) is 0 Å². The van der Waals surface area contributed by atoms with Crippen LogP contribution in [0.1, 0.15) is 24.1 Å². The number of carbonyl (C=O) groups excluding carboxylic acids is 1.